The Balaban J connectivity index is 1.67. The molecule has 2 aromatic heterocycles. The molecule has 0 radical (unpaired) electrons. The van der Waals surface area contributed by atoms with E-state index in [0.717, 1.165) is 28.6 Å². The van der Waals surface area contributed by atoms with E-state index in [1.165, 1.54) is 11.3 Å². The van der Waals surface area contributed by atoms with E-state index < -0.39 is 35.6 Å². The molecule has 2 aromatic carbocycles. The Labute approximate surface area is 166 Å². The van der Waals surface area contributed by atoms with Crippen LogP contribution in [0.25, 0.3) is 21.3 Å². The van der Waals surface area contributed by atoms with Gasteiger partial charge in [0.05, 0.1) is 16.0 Å². The summed E-state index contributed by atoms with van der Waals surface area (Å²) in [5.41, 5.74) is 1.67. The van der Waals surface area contributed by atoms with Crippen LogP contribution in [0.3, 0.4) is 0 Å². The molecule has 0 aliphatic carbocycles. The van der Waals surface area contributed by atoms with Crippen molar-refractivity contribution >= 4 is 28.1 Å². The average molecular weight is 419 g/mol. The first kappa shape index (κ1) is 19.1. The Hall–Kier alpha value is -3.20. The highest BCUT2D eigenvalue weighted by molar-refractivity contribution is 7.13. The number of nitrogens with one attached hydrogen (secondary N) is 2. The largest absolute Gasteiger partial charge is 0.416 e. The van der Waals surface area contributed by atoms with Gasteiger partial charge in [0.15, 0.2) is 0 Å². The molecule has 4 aromatic rings. The van der Waals surface area contributed by atoms with Gasteiger partial charge in [0.1, 0.15) is 5.82 Å². The van der Waals surface area contributed by atoms with Crippen LogP contribution in [-0.2, 0) is 12.7 Å². The molecule has 0 unspecified atom stereocenters. The standard InChI is InChI=1S/C20H13F4N3OS/c21-16-3-1-2-15(20(22,23)24)14(16)8-27-19(28)13-6-11(18-9-25-10-29-18)7-17-12(13)4-5-26-17/h1-7,9-10,26H,8H2,(H,27,28). The molecule has 0 aliphatic rings. The molecule has 0 bridgehead atoms. The molecule has 9 heteroatoms. The van der Waals surface area contributed by atoms with Crippen LogP contribution in [-0.4, -0.2) is 15.9 Å². The minimum atomic E-state index is -4.72. The minimum Gasteiger partial charge on any atom is -0.361 e. The molecular formula is C20H13F4N3OS. The summed E-state index contributed by atoms with van der Waals surface area (Å²) >= 11 is 1.39. The molecule has 29 heavy (non-hydrogen) atoms. The number of fused-ring (bicyclic) bond motifs is 1. The van der Waals surface area contributed by atoms with Gasteiger partial charge in [-0.1, -0.05) is 6.07 Å². The summed E-state index contributed by atoms with van der Waals surface area (Å²) in [5, 5.41) is 3.03. The van der Waals surface area contributed by atoms with Gasteiger partial charge < -0.3 is 10.3 Å². The van der Waals surface area contributed by atoms with Gasteiger partial charge in [-0.25, -0.2) is 4.39 Å². The number of benzene rings is 2. The molecule has 0 aliphatic heterocycles. The third-order valence-electron chi connectivity index (χ3n) is 4.48. The summed E-state index contributed by atoms with van der Waals surface area (Å²) in [4.78, 5) is 20.7. The highest BCUT2D eigenvalue weighted by Gasteiger charge is 2.34. The Kier molecular flexibility index (Phi) is 4.83. The number of halogens is 4. The summed E-state index contributed by atoms with van der Waals surface area (Å²) in [5.74, 6) is -1.62. The minimum absolute atomic E-state index is 0.275. The molecule has 0 saturated carbocycles. The number of carbonyl (C=O) groups excluding carboxylic acids is 1. The van der Waals surface area contributed by atoms with Crippen LogP contribution in [0.15, 0.2) is 54.3 Å². The zero-order chi connectivity index (χ0) is 20.6. The zero-order valence-corrected chi connectivity index (χ0v) is 15.5. The SMILES string of the molecule is O=C(NCc1c(F)cccc1C(F)(F)F)c1cc(-c2cncs2)cc2[nH]ccc12. The molecule has 2 heterocycles. The predicted molar refractivity (Wildman–Crippen MR) is 102 cm³/mol. The fourth-order valence-corrected chi connectivity index (χ4v) is 3.73. The molecule has 0 saturated heterocycles. The maximum absolute atomic E-state index is 14.0. The van der Waals surface area contributed by atoms with Gasteiger partial charge >= 0.3 is 6.18 Å². The highest BCUT2D eigenvalue weighted by atomic mass is 32.1. The number of aromatic amines is 1. The Morgan fingerprint density at radius 2 is 2.03 bits per heavy atom. The first-order chi connectivity index (χ1) is 13.8. The maximum atomic E-state index is 14.0. The van der Waals surface area contributed by atoms with E-state index in [2.05, 4.69) is 15.3 Å². The summed E-state index contributed by atoms with van der Waals surface area (Å²) in [6.07, 6.45) is -1.40. The molecule has 1 amide bonds. The number of thiazole rings is 1. The van der Waals surface area contributed by atoms with Crippen molar-refractivity contribution in [3.8, 4) is 10.4 Å². The normalized spacial score (nSPS) is 11.7. The van der Waals surface area contributed by atoms with E-state index in [4.69, 9.17) is 0 Å². The number of hydrogen-bond donors (Lipinski definition) is 2. The van der Waals surface area contributed by atoms with E-state index in [9.17, 15) is 22.4 Å². The predicted octanol–water partition coefficient (Wildman–Crippen LogP) is 5.38. The van der Waals surface area contributed by atoms with Crippen LogP contribution >= 0.6 is 11.3 Å². The molecule has 4 rings (SSSR count). The van der Waals surface area contributed by atoms with Gasteiger partial charge in [-0.05, 0) is 35.9 Å². The number of aromatic nitrogens is 2. The molecule has 2 N–H and O–H groups in total. The molecule has 148 valence electrons. The molecule has 4 nitrogen and oxygen atoms in total. The summed E-state index contributed by atoms with van der Waals surface area (Å²) in [6, 6.07) is 7.92. The number of amides is 1. The fourth-order valence-electron chi connectivity index (χ4n) is 3.12. The van der Waals surface area contributed by atoms with Crippen molar-refractivity contribution in [3.63, 3.8) is 0 Å². The van der Waals surface area contributed by atoms with Crippen LogP contribution in [0.1, 0.15) is 21.5 Å². The summed E-state index contributed by atoms with van der Waals surface area (Å²) < 4.78 is 53.5. The van der Waals surface area contributed by atoms with Gasteiger partial charge in [-0.15, -0.1) is 11.3 Å². The zero-order valence-electron chi connectivity index (χ0n) is 14.7. The number of carbonyl (C=O) groups is 1. The van der Waals surface area contributed by atoms with Crippen molar-refractivity contribution in [1.82, 2.24) is 15.3 Å². The van der Waals surface area contributed by atoms with Gasteiger partial charge in [0.25, 0.3) is 5.91 Å². The van der Waals surface area contributed by atoms with Crippen LogP contribution in [0.5, 0.6) is 0 Å². The fraction of sp³-hybridized carbons (Fsp3) is 0.100. The first-order valence-electron chi connectivity index (χ1n) is 8.47. The van der Waals surface area contributed by atoms with E-state index >= 15 is 0 Å². The third kappa shape index (κ3) is 3.73. The number of H-pyrrole nitrogens is 1. The third-order valence-corrected chi connectivity index (χ3v) is 5.30. The van der Waals surface area contributed by atoms with Crippen molar-refractivity contribution < 1.29 is 22.4 Å². The van der Waals surface area contributed by atoms with Gasteiger partial charge in [-0.3, -0.25) is 9.78 Å². The summed E-state index contributed by atoms with van der Waals surface area (Å²) in [6.45, 7) is -0.586. The van der Waals surface area contributed by atoms with E-state index in [1.54, 1.807) is 30.0 Å². The van der Waals surface area contributed by atoms with E-state index in [1.807, 2.05) is 6.07 Å². The lowest BCUT2D eigenvalue weighted by atomic mass is 10.0. The van der Waals surface area contributed by atoms with Crippen LogP contribution in [0.2, 0.25) is 0 Å². The lowest BCUT2D eigenvalue weighted by molar-refractivity contribution is -0.138. The molecule has 0 atom stereocenters. The van der Waals surface area contributed by atoms with Crippen molar-refractivity contribution in [1.29, 1.82) is 0 Å². The first-order valence-corrected chi connectivity index (χ1v) is 9.35. The lowest BCUT2D eigenvalue weighted by Crippen LogP contribution is -2.25. The second-order valence-electron chi connectivity index (χ2n) is 6.27. The number of rotatable bonds is 4. The maximum Gasteiger partial charge on any atom is 0.416 e. The van der Waals surface area contributed by atoms with Gasteiger partial charge in [-0.2, -0.15) is 13.2 Å². The average Bonchev–Trinajstić information content (AvgIpc) is 3.36. The molecule has 0 fully saturated rings. The Morgan fingerprint density at radius 3 is 2.76 bits per heavy atom. The van der Waals surface area contributed by atoms with Crippen molar-refractivity contribution in [2.75, 3.05) is 0 Å². The number of alkyl halides is 3. The number of nitrogens with zero attached hydrogens (tertiary/aromatic N) is 1. The van der Waals surface area contributed by atoms with E-state index in [-0.39, 0.29) is 5.56 Å². The second kappa shape index (κ2) is 7.32. The van der Waals surface area contributed by atoms with E-state index in [0.29, 0.717) is 10.9 Å². The quantitative estimate of drug-likeness (QED) is 0.437. The van der Waals surface area contributed by atoms with Crippen molar-refractivity contribution in [2.24, 2.45) is 0 Å². The molecule has 0 spiro atoms. The summed E-state index contributed by atoms with van der Waals surface area (Å²) in [7, 11) is 0. The van der Waals surface area contributed by atoms with Crippen LogP contribution in [0, 0.1) is 5.82 Å². The van der Waals surface area contributed by atoms with Crippen molar-refractivity contribution in [3.05, 3.63) is 76.8 Å². The van der Waals surface area contributed by atoms with Crippen LogP contribution < -0.4 is 5.32 Å². The Morgan fingerprint density at radius 1 is 1.21 bits per heavy atom. The van der Waals surface area contributed by atoms with Crippen LogP contribution in [0.4, 0.5) is 17.6 Å². The Bertz CT molecular complexity index is 1180. The monoisotopic (exact) mass is 419 g/mol. The van der Waals surface area contributed by atoms with Crippen molar-refractivity contribution in [2.45, 2.75) is 12.7 Å². The topological polar surface area (TPSA) is 57.8 Å². The highest BCUT2D eigenvalue weighted by Crippen LogP contribution is 2.33. The molecular weight excluding hydrogens is 406 g/mol. The smallest absolute Gasteiger partial charge is 0.361 e. The van der Waals surface area contributed by atoms with Gasteiger partial charge in [0, 0.05) is 41.0 Å². The second-order valence-corrected chi connectivity index (χ2v) is 7.16. The number of hydrogen-bond acceptors (Lipinski definition) is 3. The van der Waals surface area contributed by atoms with Gasteiger partial charge in [0.2, 0.25) is 0 Å². The lowest BCUT2D eigenvalue weighted by Gasteiger charge is -2.14.